The zero-order valence-electron chi connectivity index (χ0n) is 22.4. The lowest BCUT2D eigenvalue weighted by Gasteiger charge is -2.34. The number of pyridine rings is 1. The first-order valence-corrected chi connectivity index (χ1v) is 12.1. The molecule has 3 heterocycles. The third kappa shape index (κ3) is 7.48. The maximum absolute atomic E-state index is 14.4. The van der Waals surface area contributed by atoms with Crippen LogP contribution in [0.2, 0.25) is 0 Å². The molecule has 0 radical (unpaired) electrons. The fourth-order valence-electron chi connectivity index (χ4n) is 4.09. The van der Waals surface area contributed by atoms with Crippen LogP contribution >= 0.6 is 0 Å². The number of methoxy groups -OCH3 is 2. The quantitative estimate of drug-likeness (QED) is 0.308. The highest BCUT2D eigenvalue weighted by Crippen LogP contribution is 2.40. The van der Waals surface area contributed by atoms with Gasteiger partial charge >= 0.3 is 24.6 Å². The van der Waals surface area contributed by atoms with Crippen molar-refractivity contribution in [2.24, 2.45) is 0 Å². The number of fused-ring (bicyclic) bond motifs is 1. The van der Waals surface area contributed by atoms with E-state index in [4.69, 9.17) is 9.47 Å². The number of nitrogens with one attached hydrogen (secondary N) is 1. The Hall–Kier alpha value is -4.50. The summed E-state index contributed by atoms with van der Waals surface area (Å²) >= 11 is 0. The van der Waals surface area contributed by atoms with Gasteiger partial charge in [0.15, 0.2) is 6.04 Å². The maximum Gasteiger partial charge on any atom is 0.414 e. The van der Waals surface area contributed by atoms with Crippen molar-refractivity contribution in [1.82, 2.24) is 29.6 Å². The molecule has 0 aromatic carbocycles. The van der Waals surface area contributed by atoms with Crippen LogP contribution in [0, 0.1) is 11.3 Å². The number of carbonyl (C=O) groups is 1. The standard InChI is InChI=1S/C24H22F9N7O3/c1-4-39(21(41)38-17(23(28,29)30)5-6-22(25,26)27)18(24(31,32)33)14-7-13(16(42-2)10-35-14)15-11-40-12(8-34)9-36-19(40)20(37-15)43-3/h7,9-11,17-18H,4-6H2,1-3H3,(H,38,41). The number of aromatic nitrogens is 4. The van der Waals surface area contributed by atoms with Crippen LogP contribution in [0.25, 0.3) is 16.9 Å². The molecule has 10 nitrogen and oxygen atoms in total. The lowest BCUT2D eigenvalue weighted by Crippen LogP contribution is -2.53. The fraction of sp³-hybridized carbons (Fsp3) is 0.458. The zero-order valence-corrected chi connectivity index (χ0v) is 22.4. The van der Waals surface area contributed by atoms with Crippen LogP contribution in [-0.2, 0) is 0 Å². The molecular formula is C24H22F9N7O3. The van der Waals surface area contributed by atoms with E-state index in [0.29, 0.717) is 0 Å². The monoisotopic (exact) mass is 627 g/mol. The average Bonchev–Trinajstić information content (AvgIpc) is 3.34. The second-order valence-corrected chi connectivity index (χ2v) is 8.82. The molecule has 2 atom stereocenters. The number of hydrogen-bond acceptors (Lipinski definition) is 7. The third-order valence-corrected chi connectivity index (χ3v) is 6.07. The van der Waals surface area contributed by atoms with Gasteiger partial charge in [0.05, 0.1) is 38.0 Å². The number of carbonyl (C=O) groups excluding carboxylic acids is 1. The Balaban J connectivity index is 2.11. The number of urea groups is 1. The van der Waals surface area contributed by atoms with Crippen LogP contribution in [0.15, 0.2) is 24.7 Å². The van der Waals surface area contributed by atoms with Crippen LogP contribution in [-0.4, -0.2) is 75.6 Å². The van der Waals surface area contributed by atoms with Gasteiger partial charge in [0.2, 0.25) is 5.65 Å². The predicted molar refractivity (Wildman–Crippen MR) is 129 cm³/mol. The molecule has 19 heteroatoms. The van der Waals surface area contributed by atoms with E-state index in [0.717, 1.165) is 19.2 Å². The Bertz CT molecular complexity index is 1500. The van der Waals surface area contributed by atoms with Crippen LogP contribution in [0.3, 0.4) is 0 Å². The topological polar surface area (TPSA) is 118 Å². The summed E-state index contributed by atoms with van der Waals surface area (Å²) in [7, 11) is 2.39. The number of amides is 2. The van der Waals surface area contributed by atoms with Crippen molar-refractivity contribution in [3.8, 4) is 29.0 Å². The molecule has 3 aromatic rings. The summed E-state index contributed by atoms with van der Waals surface area (Å²) in [6.07, 6.45) is -16.0. The molecule has 2 amide bonds. The number of ether oxygens (including phenoxy) is 2. The van der Waals surface area contributed by atoms with E-state index in [9.17, 15) is 49.6 Å². The minimum atomic E-state index is -5.39. The van der Waals surface area contributed by atoms with Crippen molar-refractivity contribution in [3.05, 3.63) is 36.0 Å². The molecule has 0 saturated heterocycles. The molecule has 234 valence electrons. The highest BCUT2D eigenvalue weighted by atomic mass is 19.4. The van der Waals surface area contributed by atoms with Crippen molar-refractivity contribution in [2.75, 3.05) is 20.8 Å². The van der Waals surface area contributed by atoms with E-state index in [2.05, 4.69) is 15.0 Å². The van der Waals surface area contributed by atoms with Crippen molar-refractivity contribution < 1.29 is 53.8 Å². The fourth-order valence-corrected chi connectivity index (χ4v) is 4.09. The van der Waals surface area contributed by atoms with Crippen molar-refractivity contribution in [2.45, 2.75) is 50.4 Å². The van der Waals surface area contributed by atoms with Gasteiger partial charge in [0.1, 0.15) is 23.6 Å². The summed E-state index contributed by atoms with van der Waals surface area (Å²) < 4.78 is 133. The molecule has 0 bridgehead atoms. The normalized spacial score (nSPS) is 13.7. The summed E-state index contributed by atoms with van der Waals surface area (Å²) in [5.41, 5.74) is -1.02. The summed E-state index contributed by atoms with van der Waals surface area (Å²) in [4.78, 5) is 24.7. The van der Waals surface area contributed by atoms with Crippen molar-refractivity contribution in [1.29, 1.82) is 5.26 Å². The van der Waals surface area contributed by atoms with E-state index in [-0.39, 0.29) is 39.1 Å². The second kappa shape index (κ2) is 12.4. The Labute approximate surface area is 237 Å². The van der Waals surface area contributed by atoms with Gasteiger partial charge < -0.3 is 19.7 Å². The number of rotatable bonds is 9. The van der Waals surface area contributed by atoms with Gasteiger partial charge in [0, 0.05) is 24.7 Å². The Morgan fingerprint density at radius 2 is 1.74 bits per heavy atom. The molecule has 1 N–H and O–H groups in total. The van der Waals surface area contributed by atoms with E-state index >= 15 is 0 Å². The minimum absolute atomic E-state index is 0.0111. The van der Waals surface area contributed by atoms with Crippen LogP contribution in [0.5, 0.6) is 11.6 Å². The number of halogens is 9. The summed E-state index contributed by atoms with van der Waals surface area (Å²) in [5.74, 6) is -0.243. The number of nitrogens with zero attached hydrogens (tertiary/aromatic N) is 6. The van der Waals surface area contributed by atoms with Gasteiger partial charge in [-0.05, 0) is 19.4 Å². The third-order valence-electron chi connectivity index (χ3n) is 6.07. The number of alkyl halides is 9. The molecule has 43 heavy (non-hydrogen) atoms. The highest BCUT2D eigenvalue weighted by molar-refractivity contribution is 5.76. The highest BCUT2D eigenvalue weighted by Gasteiger charge is 2.49. The zero-order chi connectivity index (χ0) is 32.3. The largest absolute Gasteiger partial charge is 0.494 e. The van der Waals surface area contributed by atoms with Gasteiger partial charge in [-0.15, -0.1) is 0 Å². The molecule has 0 aliphatic carbocycles. The lowest BCUT2D eigenvalue weighted by atomic mass is 10.1. The SMILES string of the molecule is CCN(C(=O)NC(CCC(F)(F)F)C(F)(F)F)C(c1cc(-c2cn3c(C#N)cnc3c(OC)n2)c(OC)cn1)C(F)(F)F. The second-order valence-electron chi connectivity index (χ2n) is 8.82. The summed E-state index contributed by atoms with van der Waals surface area (Å²) in [6.45, 7) is 0.214. The summed E-state index contributed by atoms with van der Waals surface area (Å²) in [6, 6.07) is -5.27. The van der Waals surface area contributed by atoms with E-state index < -0.39 is 61.7 Å². The molecule has 0 spiro atoms. The van der Waals surface area contributed by atoms with Crippen LogP contribution in [0.4, 0.5) is 44.3 Å². The Morgan fingerprint density at radius 1 is 1.07 bits per heavy atom. The molecule has 3 rings (SSSR count). The molecule has 0 saturated carbocycles. The molecule has 0 aliphatic heterocycles. The van der Waals surface area contributed by atoms with Crippen molar-refractivity contribution >= 4 is 11.7 Å². The Morgan fingerprint density at radius 3 is 2.26 bits per heavy atom. The first kappa shape index (κ1) is 33.0. The van der Waals surface area contributed by atoms with E-state index in [1.165, 1.54) is 36.3 Å². The maximum atomic E-state index is 14.4. The van der Waals surface area contributed by atoms with Gasteiger partial charge in [-0.25, -0.2) is 14.8 Å². The molecule has 0 aliphatic rings. The van der Waals surface area contributed by atoms with Crippen LogP contribution in [0.1, 0.15) is 37.2 Å². The Kier molecular flexibility index (Phi) is 9.51. The number of nitriles is 1. The first-order chi connectivity index (χ1) is 19.9. The van der Waals surface area contributed by atoms with E-state index in [1.807, 2.05) is 6.07 Å². The smallest absolute Gasteiger partial charge is 0.414 e. The molecule has 2 unspecified atom stereocenters. The minimum Gasteiger partial charge on any atom is -0.494 e. The first-order valence-electron chi connectivity index (χ1n) is 12.1. The predicted octanol–water partition coefficient (Wildman–Crippen LogP) is 5.59. The van der Waals surface area contributed by atoms with Gasteiger partial charge in [-0.1, -0.05) is 0 Å². The number of hydrogen-bond donors (Lipinski definition) is 1. The van der Waals surface area contributed by atoms with Gasteiger partial charge in [-0.2, -0.15) is 44.8 Å². The van der Waals surface area contributed by atoms with Gasteiger partial charge in [0.25, 0.3) is 5.88 Å². The van der Waals surface area contributed by atoms with E-state index in [1.54, 1.807) is 0 Å². The summed E-state index contributed by atoms with van der Waals surface area (Å²) in [5, 5.41) is 10.6. The lowest BCUT2D eigenvalue weighted by molar-refractivity contribution is -0.182. The molecule has 0 fully saturated rings. The van der Waals surface area contributed by atoms with Gasteiger partial charge in [-0.3, -0.25) is 9.38 Å². The average molecular weight is 627 g/mol. The van der Waals surface area contributed by atoms with Crippen LogP contribution < -0.4 is 14.8 Å². The van der Waals surface area contributed by atoms with Crippen molar-refractivity contribution in [3.63, 3.8) is 0 Å². The molecule has 3 aromatic heterocycles. The number of imidazole rings is 1. The molecular weight excluding hydrogens is 605 g/mol.